The van der Waals surface area contributed by atoms with Crippen LogP contribution in [0.15, 0.2) is 76.6 Å². The quantitative estimate of drug-likeness (QED) is 0.274. The van der Waals surface area contributed by atoms with Crippen LogP contribution in [0.25, 0.3) is 22.3 Å². The minimum atomic E-state index is -4.54. The molecule has 5 nitrogen and oxygen atoms in total. The fraction of sp³-hybridized carbons (Fsp3) is 0.192. The average molecular weight is 500 g/mol. The molecule has 0 bridgehead atoms. The molecule has 0 fully saturated rings. The van der Waals surface area contributed by atoms with Gasteiger partial charge >= 0.3 is 6.18 Å². The van der Waals surface area contributed by atoms with Gasteiger partial charge in [0.25, 0.3) is 5.56 Å². The van der Waals surface area contributed by atoms with E-state index in [1.165, 1.54) is 18.3 Å². The second-order valence-corrected chi connectivity index (χ2v) is 8.33. The number of rotatable bonds is 6. The molecule has 1 heterocycles. The van der Waals surface area contributed by atoms with E-state index >= 15 is 0 Å². The molecule has 0 spiro atoms. The predicted octanol–water partition coefficient (Wildman–Crippen LogP) is 6.80. The van der Waals surface area contributed by atoms with E-state index in [4.69, 9.17) is 16.3 Å². The lowest BCUT2D eigenvalue weighted by molar-refractivity contribution is -0.137. The number of fused-ring (bicyclic) bond motifs is 1. The number of benzene rings is 3. The predicted molar refractivity (Wildman–Crippen MR) is 131 cm³/mol. The molecule has 1 aromatic heterocycles. The van der Waals surface area contributed by atoms with Crippen LogP contribution in [-0.2, 0) is 6.18 Å². The van der Waals surface area contributed by atoms with Gasteiger partial charge in [-0.3, -0.25) is 4.79 Å². The zero-order valence-electron chi connectivity index (χ0n) is 18.9. The van der Waals surface area contributed by atoms with Crippen LogP contribution >= 0.6 is 11.6 Å². The van der Waals surface area contributed by atoms with Gasteiger partial charge in [-0.2, -0.15) is 22.9 Å². The second kappa shape index (κ2) is 9.92. The lowest BCUT2D eigenvalue weighted by atomic mass is 10.1. The van der Waals surface area contributed by atoms with Gasteiger partial charge in [-0.25, -0.2) is 4.98 Å². The van der Waals surface area contributed by atoms with Crippen LogP contribution in [0.5, 0.6) is 5.75 Å². The smallest absolute Gasteiger partial charge is 0.416 e. The van der Waals surface area contributed by atoms with Crippen molar-refractivity contribution in [3.63, 3.8) is 0 Å². The summed E-state index contributed by atoms with van der Waals surface area (Å²) in [7, 11) is 0. The van der Waals surface area contributed by atoms with E-state index < -0.39 is 17.3 Å². The number of para-hydroxylation sites is 1. The van der Waals surface area contributed by atoms with Gasteiger partial charge in [-0.15, -0.1) is 0 Å². The van der Waals surface area contributed by atoms with Gasteiger partial charge in [0.2, 0.25) is 0 Å². The third kappa shape index (κ3) is 5.38. The maximum absolute atomic E-state index is 13.3. The van der Waals surface area contributed by atoms with Gasteiger partial charge < -0.3 is 4.74 Å². The van der Waals surface area contributed by atoms with Crippen molar-refractivity contribution >= 4 is 28.7 Å². The molecule has 9 heteroatoms. The molecule has 180 valence electrons. The Hall–Kier alpha value is -3.65. The van der Waals surface area contributed by atoms with E-state index in [9.17, 15) is 18.0 Å². The van der Waals surface area contributed by atoms with Gasteiger partial charge in [0.1, 0.15) is 5.75 Å². The van der Waals surface area contributed by atoms with Crippen molar-refractivity contribution in [1.29, 1.82) is 0 Å². The first-order chi connectivity index (χ1) is 16.7. The van der Waals surface area contributed by atoms with Crippen LogP contribution in [-0.4, -0.2) is 22.0 Å². The summed E-state index contributed by atoms with van der Waals surface area (Å²) < 4.78 is 46.7. The monoisotopic (exact) mass is 499 g/mol. The van der Waals surface area contributed by atoms with Crippen LogP contribution in [0, 0.1) is 0 Å². The number of ether oxygens (including phenoxy) is 1. The highest BCUT2D eigenvalue weighted by Gasteiger charge is 2.31. The van der Waals surface area contributed by atoms with Gasteiger partial charge in [0.05, 0.1) is 33.8 Å². The number of nitrogens with zero attached hydrogens (tertiary/aromatic N) is 3. The van der Waals surface area contributed by atoms with Crippen LogP contribution < -0.4 is 10.3 Å². The summed E-state index contributed by atoms with van der Waals surface area (Å²) in [6.07, 6.45) is -2.34. The summed E-state index contributed by atoms with van der Waals surface area (Å²) in [4.78, 5) is 17.7. The molecular formula is C26H21ClF3N3O2. The Kier molecular flexibility index (Phi) is 6.93. The lowest BCUT2D eigenvalue weighted by Crippen LogP contribution is -2.20. The molecule has 3 aromatic carbocycles. The topological polar surface area (TPSA) is 56.5 Å². The lowest BCUT2D eigenvalue weighted by Gasteiger charge is -2.14. The molecule has 0 radical (unpaired) electrons. The molecule has 0 aliphatic carbocycles. The molecular weight excluding hydrogens is 479 g/mol. The zero-order chi connectivity index (χ0) is 25.2. The summed E-state index contributed by atoms with van der Waals surface area (Å²) in [5, 5.41) is 4.94. The summed E-state index contributed by atoms with van der Waals surface area (Å²) >= 11 is 6.33. The van der Waals surface area contributed by atoms with Crippen molar-refractivity contribution in [2.24, 2.45) is 5.10 Å². The summed E-state index contributed by atoms with van der Waals surface area (Å²) in [5.74, 6) is 0.506. The van der Waals surface area contributed by atoms with E-state index in [1.807, 2.05) is 13.8 Å². The highest BCUT2D eigenvalue weighted by molar-refractivity contribution is 6.32. The van der Waals surface area contributed by atoms with E-state index in [1.54, 1.807) is 42.5 Å². The Morgan fingerprint density at radius 3 is 2.60 bits per heavy atom. The number of hydrogen-bond acceptors (Lipinski definition) is 4. The van der Waals surface area contributed by atoms with E-state index in [-0.39, 0.29) is 22.9 Å². The first-order valence-corrected chi connectivity index (χ1v) is 11.2. The van der Waals surface area contributed by atoms with Crippen molar-refractivity contribution in [1.82, 2.24) is 9.66 Å². The largest absolute Gasteiger partial charge is 0.489 e. The minimum absolute atomic E-state index is 0.00992. The zero-order valence-corrected chi connectivity index (χ0v) is 19.6. The number of halogens is 4. The van der Waals surface area contributed by atoms with Crippen LogP contribution in [0.4, 0.5) is 13.2 Å². The Morgan fingerprint density at radius 2 is 1.89 bits per heavy atom. The summed E-state index contributed by atoms with van der Waals surface area (Å²) in [5.41, 5.74) is -0.332. The highest BCUT2D eigenvalue weighted by atomic mass is 35.5. The van der Waals surface area contributed by atoms with E-state index in [0.29, 0.717) is 21.9 Å². The third-order valence-corrected chi connectivity index (χ3v) is 5.68. The Morgan fingerprint density at radius 1 is 1.11 bits per heavy atom. The number of aromatic nitrogens is 2. The van der Waals surface area contributed by atoms with Gasteiger partial charge in [-0.1, -0.05) is 42.8 Å². The molecule has 0 unspecified atom stereocenters. The van der Waals surface area contributed by atoms with Crippen molar-refractivity contribution in [2.45, 2.75) is 32.5 Å². The molecule has 4 aromatic rings. The fourth-order valence-corrected chi connectivity index (χ4v) is 3.60. The molecule has 0 N–H and O–H groups in total. The molecule has 4 rings (SSSR count). The normalized spacial score (nSPS) is 12.9. The maximum Gasteiger partial charge on any atom is 0.416 e. The summed E-state index contributed by atoms with van der Waals surface area (Å²) in [6, 6.07) is 16.3. The Balaban J connectivity index is 1.82. The van der Waals surface area contributed by atoms with E-state index in [2.05, 4.69) is 10.1 Å². The number of hydrogen-bond donors (Lipinski definition) is 0. The minimum Gasteiger partial charge on any atom is -0.489 e. The van der Waals surface area contributed by atoms with Crippen LogP contribution in [0.3, 0.4) is 0 Å². The first-order valence-electron chi connectivity index (χ1n) is 10.9. The SMILES string of the molecule is CC[C@@H](C)Oc1ccc(C=Nn2c(-c3cccc(C(F)(F)F)c3)nc3ccccc3c2=O)cc1Cl. The molecule has 0 amide bonds. The van der Waals surface area contributed by atoms with E-state index in [0.717, 1.165) is 23.2 Å². The van der Waals surface area contributed by atoms with Crippen LogP contribution in [0.1, 0.15) is 31.4 Å². The fourth-order valence-electron chi connectivity index (χ4n) is 3.37. The standard InChI is InChI=1S/C26H21ClF3N3O2/c1-3-16(2)35-23-12-11-17(13-21(23)27)15-31-33-24(18-7-6-8-19(14-18)26(28,29)30)32-22-10-5-4-9-20(22)25(33)34/h4-16H,3H2,1-2H3/t16-/m1/s1. The number of alkyl halides is 3. The molecule has 35 heavy (non-hydrogen) atoms. The third-order valence-electron chi connectivity index (χ3n) is 5.38. The molecule has 0 aliphatic rings. The van der Waals surface area contributed by atoms with Crippen molar-refractivity contribution in [3.8, 4) is 17.1 Å². The Labute approximate surface area is 204 Å². The summed E-state index contributed by atoms with van der Waals surface area (Å²) in [6.45, 7) is 3.93. The van der Waals surface area contributed by atoms with Crippen molar-refractivity contribution in [3.05, 3.63) is 93.2 Å². The maximum atomic E-state index is 13.3. The molecule has 1 atom stereocenters. The molecule has 0 aliphatic heterocycles. The van der Waals surface area contributed by atoms with Gasteiger partial charge in [-0.05, 0) is 61.4 Å². The molecule has 0 saturated heterocycles. The van der Waals surface area contributed by atoms with Crippen molar-refractivity contribution < 1.29 is 17.9 Å². The van der Waals surface area contributed by atoms with Crippen molar-refractivity contribution in [2.75, 3.05) is 0 Å². The second-order valence-electron chi connectivity index (χ2n) is 7.92. The highest BCUT2D eigenvalue weighted by Crippen LogP contribution is 2.32. The Bertz CT molecular complexity index is 1460. The molecule has 0 saturated carbocycles. The van der Waals surface area contributed by atoms with Gasteiger partial charge in [0, 0.05) is 5.56 Å². The van der Waals surface area contributed by atoms with Crippen LogP contribution in [0.2, 0.25) is 5.02 Å². The first kappa shape index (κ1) is 24.5. The average Bonchev–Trinajstić information content (AvgIpc) is 2.84. The van der Waals surface area contributed by atoms with Gasteiger partial charge in [0.15, 0.2) is 5.82 Å².